The maximum Gasteiger partial charge on any atom is 0.135 e. The van der Waals surface area contributed by atoms with Gasteiger partial charge in [-0.15, -0.1) is 11.6 Å². The molecule has 0 N–H and O–H groups in total. The molecular weight excluding hydrogens is 120 g/mol. The van der Waals surface area contributed by atoms with Crippen LogP contribution in [0.25, 0.3) is 0 Å². The lowest BCUT2D eigenvalue weighted by Gasteiger charge is -1.78. The zero-order valence-electron chi connectivity index (χ0n) is 2.98. The van der Waals surface area contributed by atoms with E-state index in [2.05, 4.69) is 0 Å². The minimum Gasteiger partial charge on any atom is -0.257 e. The van der Waals surface area contributed by atoms with Crippen molar-refractivity contribution >= 4 is 22.4 Å². The summed E-state index contributed by atoms with van der Waals surface area (Å²) < 4.78 is 10.1. The van der Waals surface area contributed by atoms with Crippen LogP contribution >= 0.6 is 11.6 Å². The molecule has 3 heteroatoms. The Morgan fingerprint density at radius 1 is 2.00 bits per heavy atom. The molecule has 0 aromatic carbocycles. The van der Waals surface area contributed by atoms with Crippen LogP contribution in [0.5, 0.6) is 0 Å². The molecule has 0 aromatic rings. The maximum atomic E-state index is 10.2. The van der Waals surface area contributed by atoms with Gasteiger partial charge in [-0.3, -0.25) is 4.21 Å². The minimum absolute atomic E-state index is 0.181. The zero-order valence-corrected chi connectivity index (χ0v) is 4.55. The van der Waals surface area contributed by atoms with E-state index in [1.54, 1.807) is 0 Å². The van der Waals surface area contributed by atoms with Crippen molar-refractivity contribution in [1.29, 1.82) is 0 Å². The molecular formula is C3H3ClOS. The van der Waals surface area contributed by atoms with Crippen molar-refractivity contribution in [2.75, 3.05) is 0 Å². The lowest BCUT2D eigenvalue weighted by atomic mass is 11.0. The first kappa shape index (κ1) is 3.44. The summed E-state index contributed by atoms with van der Waals surface area (Å²) in [6.07, 6.45) is 1.00. The lowest BCUT2D eigenvalue weighted by Crippen LogP contribution is -1.84. The van der Waals surface area contributed by atoms with Crippen molar-refractivity contribution in [2.45, 2.75) is 15.9 Å². The Kier molecular flexibility index (Phi) is 0.341. The van der Waals surface area contributed by atoms with Crippen LogP contribution in [-0.4, -0.2) is 13.7 Å². The van der Waals surface area contributed by atoms with Gasteiger partial charge in [0.1, 0.15) is 4.21 Å². The number of hydrogen-bond donors (Lipinski definition) is 0. The summed E-state index contributed by atoms with van der Waals surface area (Å²) in [5, 5.41) is 0.402. The molecule has 1 aliphatic carbocycles. The predicted octanol–water partition coefficient (Wildman–Crippen LogP) is 0.456. The normalized spacial score (nSPS) is 72.8. The van der Waals surface area contributed by atoms with Gasteiger partial charge in [0.25, 0.3) is 0 Å². The molecule has 0 amide bonds. The molecule has 1 aliphatic heterocycles. The molecule has 34 valence electrons. The van der Waals surface area contributed by atoms with Gasteiger partial charge in [0, 0.05) is 10.8 Å². The monoisotopic (exact) mass is 122 g/mol. The molecule has 6 heavy (non-hydrogen) atoms. The van der Waals surface area contributed by atoms with E-state index in [-0.39, 0.29) is 4.21 Å². The van der Waals surface area contributed by atoms with Crippen LogP contribution in [0, 0.1) is 0 Å². The fourth-order valence-electron chi connectivity index (χ4n) is 0.561. The van der Waals surface area contributed by atoms with E-state index in [1.165, 1.54) is 0 Å². The average Bonchev–Trinajstić information content (AvgIpc) is 2.24. The third-order valence-corrected chi connectivity index (χ3v) is 4.28. The number of rotatable bonds is 0. The molecule has 3 unspecified atom stereocenters. The number of hydrogen-bond acceptors (Lipinski definition) is 1. The number of halogens is 1. The highest BCUT2D eigenvalue weighted by atomic mass is 35.5. The van der Waals surface area contributed by atoms with Gasteiger partial charge >= 0.3 is 0 Å². The van der Waals surface area contributed by atoms with E-state index in [4.69, 9.17) is 11.6 Å². The summed E-state index contributed by atoms with van der Waals surface area (Å²) in [5.41, 5.74) is 0. The van der Waals surface area contributed by atoms with Gasteiger partial charge in [0.15, 0.2) is 0 Å². The van der Waals surface area contributed by atoms with Gasteiger partial charge in [-0.1, -0.05) is 0 Å². The van der Waals surface area contributed by atoms with Crippen LogP contribution in [0.2, 0.25) is 0 Å². The van der Waals surface area contributed by atoms with Crippen LogP contribution in [0.3, 0.4) is 0 Å². The zero-order chi connectivity index (χ0) is 4.36. The third-order valence-electron chi connectivity index (χ3n) is 1.32. The molecule has 2 fully saturated rings. The first-order valence-corrected chi connectivity index (χ1v) is 3.44. The van der Waals surface area contributed by atoms with E-state index >= 15 is 0 Å². The molecule has 2 aliphatic rings. The number of fused-ring (bicyclic) bond motifs is 1. The Balaban J connectivity index is 2.43. The highest BCUT2D eigenvalue weighted by Gasteiger charge is 2.79. The second-order valence-corrected chi connectivity index (χ2v) is 4.57. The fourth-order valence-corrected chi connectivity index (χ4v) is 2.42. The minimum atomic E-state index is -0.609. The van der Waals surface area contributed by atoms with E-state index in [1.807, 2.05) is 0 Å². The van der Waals surface area contributed by atoms with E-state index in [0.29, 0.717) is 5.25 Å². The van der Waals surface area contributed by atoms with Gasteiger partial charge in [0.2, 0.25) is 0 Å². The smallest absolute Gasteiger partial charge is 0.135 e. The Bertz CT molecular complexity index is 135. The molecule has 2 rings (SSSR count). The fraction of sp³-hybridized carbons (Fsp3) is 1.00. The first-order chi connectivity index (χ1) is 2.75. The number of alkyl halides is 1. The van der Waals surface area contributed by atoms with Crippen LogP contribution < -0.4 is 0 Å². The third kappa shape index (κ3) is 0.173. The van der Waals surface area contributed by atoms with E-state index < -0.39 is 10.8 Å². The predicted molar refractivity (Wildman–Crippen MR) is 25.1 cm³/mol. The summed E-state index contributed by atoms with van der Waals surface area (Å²) in [5.74, 6) is 0. The van der Waals surface area contributed by atoms with Gasteiger partial charge < -0.3 is 0 Å². The largest absolute Gasteiger partial charge is 0.257 e. The molecule has 0 spiro atoms. The van der Waals surface area contributed by atoms with Crippen molar-refractivity contribution < 1.29 is 4.21 Å². The second-order valence-electron chi connectivity index (χ2n) is 1.78. The summed E-state index contributed by atoms with van der Waals surface area (Å²) in [7, 11) is -0.609. The van der Waals surface area contributed by atoms with Gasteiger partial charge in [-0.25, -0.2) is 0 Å². The van der Waals surface area contributed by atoms with Crippen LogP contribution in [-0.2, 0) is 10.8 Å². The Hall–Kier alpha value is 0.440. The van der Waals surface area contributed by atoms with Gasteiger partial charge in [0.05, 0.1) is 5.25 Å². The molecule has 3 atom stereocenters. The quantitative estimate of drug-likeness (QED) is 0.337. The summed E-state index contributed by atoms with van der Waals surface area (Å²) in [6, 6.07) is 0. The van der Waals surface area contributed by atoms with Crippen molar-refractivity contribution in [3.63, 3.8) is 0 Å². The van der Waals surface area contributed by atoms with Gasteiger partial charge in [-0.05, 0) is 6.42 Å². The van der Waals surface area contributed by atoms with Crippen molar-refractivity contribution in [3.8, 4) is 0 Å². The van der Waals surface area contributed by atoms with Crippen molar-refractivity contribution in [1.82, 2.24) is 0 Å². The molecule has 1 heterocycles. The molecule has 0 radical (unpaired) electrons. The SMILES string of the molecule is O=S1C2CC21Cl. The standard InChI is InChI=1S/C3H3ClOS/c4-3-1-2(3)6(3)5/h2H,1H2. The van der Waals surface area contributed by atoms with Crippen LogP contribution in [0.1, 0.15) is 6.42 Å². The molecule has 0 bridgehead atoms. The van der Waals surface area contributed by atoms with E-state index in [0.717, 1.165) is 6.42 Å². The highest BCUT2D eigenvalue weighted by molar-refractivity contribution is 7.98. The average molecular weight is 123 g/mol. The molecule has 1 saturated carbocycles. The van der Waals surface area contributed by atoms with Crippen LogP contribution in [0.15, 0.2) is 0 Å². The lowest BCUT2D eigenvalue weighted by molar-refractivity contribution is 0.688. The summed E-state index contributed by atoms with van der Waals surface area (Å²) in [6.45, 7) is 0. The van der Waals surface area contributed by atoms with Crippen molar-refractivity contribution in [3.05, 3.63) is 0 Å². The molecule has 1 nitrogen and oxygen atoms in total. The maximum absolute atomic E-state index is 10.2. The Morgan fingerprint density at radius 2 is 2.33 bits per heavy atom. The second kappa shape index (κ2) is 0.594. The summed E-state index contributed by atoms with van der Waals surface area (Å²) >= 11 is 5.57. The highest BCUT2D eigenvalue weighted by Crippen LogP contribution is 2.66. The molecule has 1 saturated heterocycles. The van der Waals surface area contributed by atoms with Crippen LogP contribution in [0.4, 0.5) is 0 Å². The Morgan fingerprint density at radius 3 is 2.33 bits per heavy atom. The Labute approximate surface area is 43.1 Å². The topological polar surface area (TPSA) is 17.1 Å². The van der Waals surface area contributed by atoms with E-state index in [9.17, 15) is 4.21 Å². The first-order valence-electron chi connectivity index (χ1n) is 1.85. The molecule has 0 aromatic heterocycles. The summed E-state index contributed by atoms with van der Waals surface area (Å²) in [4.78, 5) is 0. The van der Waals surface area contributed by atoms with Gasteiger partial charge in [-0.2, -0.15) is 0 Å². The van der Waals surface area contributed by atoms with Crippen molar-refractivity contribution in [2.24, 2.45) is 0 Å².